The number of ether oxygens (including phenoxy) is 1. The second-order valence-corrected chi connectivity index (χ2v) is 4.54. The average Bonchev–Trinajstić information content (AvgIpc) is 2.40. The Morgan fingerprint density at radius 1 is 1.53 bits per heavy atom. The summed E-state index contributed by atoms with van der Waals surface area (Å²) in [5.41, 5.74) is 1.26. The Morgan fingerprint density at radius 3 is 3.06 bits per heavy atom. The molecule has 1 N–H and O–H groups in total. The molecular formula is C13H21N3O. The second kappa shape index (κ2) is 5.98. The number of nitrogens with one attached hydrogen (secondary N) is 1. The van der Waals surface area contributed by atoms with Gasteiger partial charge in [-0.25, -0.2) is 4.98 Å². The maximum atomic E-state index is 5.43. The molecule has 4 heteroatoms. The van der Waals surface area contributed by atoms with E-state index < -0.39 is 0 Å². The van der Waals surface area contributed by atoms with Crippen molar-refractivity contribution < 1.29 is 4.74 Å². The van der Waals surface area contributed by atoms with Gasteiger partial charge in [-0.05, 0) is 31.0 Å². The third kappa shape index (κ3) is 3.41. The van der Waals surface area contributed by atoms with Gasteiger partial charge in [0.05, 0.1) is 6.10 Å². The lowest BCUT2D eigenvalue weighted by Gasteiger charge is -2.31. The number of likely N-dealkylation sites (tertiary alicyclic amines) is 1. The SMILES string of the molecule is CNc1ccc(CN2CCCC(OC)C2)cn1. The van der Waals surface area contributed by atoms with Crippen LogP contribution in [0.25, 0.3) is 0 Å². The summed E-state index contributed by atoms with van der Waals surface area (Å²) < 4.78 is 5.43. The molecule has 1 aromatic heterocycles. The predicted octanol–water partition coefficient (Wildman–Crippen LogP) is 1.73. The molecule has 0 aliphatic carbocycles. The zero-order valence-corrected chi connectivity index (χ0v) is 10.6. The fourth-order valence-corrected chi connectivity index (χ4v) is 2.27. The lowest BCUT2D eigenvalue weighted by molar-refractivity contribution is 0.0285. The Hall–Kier alpha value is -1.13. The van der Waals surface area contributed by atoms with Crippen LogP contribution in [0.15, 0.2) is 18.3 Å². The molecule has 94 valence electrons. The molecule has 2 rings (SSSR count). The molecule has 1 fully saturated rings. The quantitative estimate of drug-likeness (QED) is 0.862. The van der Waals surface area contributed by atoms with Crippen LogP contribution < -0.4 is 5.32 Å². The predicted molar refractivity (Wildman–Crippen MR) is 69.1 cm³/mol. The molecule has 4 nitrogen and oxygen atoms in total. The van der Waals surface area contributed by atoms with Crippen molar-refractivity contribution in [2.75, 3.05) is 32.6 Å². The molecule has 17 heavy (non-hydrogen) atoms. The Labute approximate surface area is 103 Å². The molecule has 1 aliphatic heterocycles. The van der Waals surface area contributed by atoms with Crippen LogP contribution >= 0.6 is 0 Å². The van der Waals surface area contributed by atoms with Crippen molar-refractivity contribution in [3.63, 3.8) is 0 Å². The van der Waals surface area contributed by atoms with Gasteiger partial charge < -0.3 is 10.1 Å². The van der Waals surface area contributed by atoms with Crippen LogP contribution in [0, 0.1) is 0 Å². The van der Waals surface area contributed by atoms with Gasteiger partial charge in [0.25, 0.3) is 0 Å². The summed E-state index contributed by atoms with van der Waals surface area (Å²) in [5.74, 6) is 0.919. The molecule has 1 saturated heterocycles. The number of nitrogens with zero attached hydrogens (tertiary/aromatic N) is 2. The number of methoxy groups -OCH3 is 1. The van der Waals surface area contributed by atoms with E-state index in [9.17, 15) is 0 Å². The fourth-order valence-electron chi connectivity index (χ4n) is 2.27. The molecule has 0 radical (unpaired) electrons. The number of rotatable bonds is 4. The van der Waals surface area contributed by atoms with Gasteiger partial charge >= 0.3 is 0 Å². The normalized spacial score (nSPS) is 21.4. The molecule has 0 saturated carbocycles. The summed E-state index contributed by atoms with van der Waals surface area (Å²) in [6, 6.07) is 4.16. The van der Waals surface area contributed by atoms with E-state index in [1.54, 1.807) is 7.11 Å². The first-order valence-corrected chi connectivity index (χ1v) is 6.19. The van der Waals surface area contributed by atoms with E-state index in [-0.39, 0.29) is 0 Å². The van der Waals surface area contributed by atoms with Gasteiger partial charge in [-0.2, -0.15) is 0 Å². The molecule has 1 unspecified atom stereocenters. The van der Waals surface area contributed by atoms with E-state index in [1.165, 1.54) is 18.4 Å². The van der Waals surface area contributed by atoms with Crippen LogP contribution in [0.3, 0.4) is 0 Å². The van der Waals surface area contributed by atoms with Crippen molar-refractivity contribution in [2.24, 2.45) is 0 Å². The maximum absolute atomic E-state index is 5.43. The number of pyridine rings is 1. The van der Waals surface area contributed by atoms with Crippen molar-refractivity contribution in [3.05, 3.63) is 23.9 Å². The Kier molecular flexibility index (Phi) is 4.34. The zero-order chi connectivity index (χ0) is 12.1. The van der Waals surface area contributed by atoms with Gasteiger partial charge in [0.1, 0.15) is 5.82 Å². The summed E-state index contributed by atoms with van der Waals surface area (Å²) >= 11 is 0. The highest BCUT2D eigenvalue weighted by Gasteiger charge is 2.19. The topological polar surface area (TPSA) is 37.4 Å². The van der Waals surface area contributed by atoms with E-state index in [0.717, 1.165) is 25.5 Å². The lowest BCUT2D eigenvalue weighted by atomic mass is 10.1. The van der Waals surface area contributed by atoms with Crippen LogP contribution in [-0.2, 0) is 11.3 Å². The van der Waals surface area contributed by atoms with E-state index in [4.69, 9.17) is 4.74 Å². The molecule has 0 bridgehead atoms. The first-order chi connectivity index (χ1) is 8.31. The van der Waals surface area contributed by atoms with Gasteiger partial charge in [0.2, 0.25) is 0 Å². The Balaban J connectivity index is 1.90. The zero-order valence-electron chi connectivity index (χ0n) is 10.6. The van der Waals surface area contributed by atoms with Crippen LogP contribution in [0.4, 0.5) is 5.82 Å². The highest BCUT2D eigenvalue weighted by atomic mass is 16.5. The fraction of sp³-hybridized carbons (Fsp3) is 0.615. The van der Waals surface area contributed by atoms with Crippen molar-refractivity contribution in [3.8, 4) is 0 Å². The highest BCUT2D eigenvalue weighted by molar-refractivity contribution is 5.34. The van der Waals surface area contributed by atoms with E-state index in [2.05, 4.69) is 21.3 Å². The van der Waals surface area contributed by atoms with Crippen LogP contribution in [0.1, 0.15) is 18.4 Å². The number of hydrogen-bond acceptors (Lipinski definition) is 4. The van der Waals surface area contributed by atoms with Crippen LogP contribution in [0.5, 0.6) is 0 Å². The standard InChI is InChI=1S/C13H21N3O/c1-14-13-6-5-11(8-15-13)9-16-7-3-4-12(10-16)17-2/h5-6,8,12H,3-4,7,9-10H2,1-2H3,(H,14,15). The van der Waals surface area contributed by atoms with Gasteiger partial charge in [-0.1, -0.05) is 6.07 Å². The third-order valence-corrected chi connectivity index (χ3v) is 3.28. The monoisotopic (exact) mass is 235 g/mol. The molecule has 1 atom stereocenters. The maximum Gasteiger partial charge on any atom is 0.125 e. The number of hydrogen-bond donors (Lipinski definition) is 1. The van der Waals surface area contributed by atoms with Crippen LogP contribution in [0.2, 0.25) is 0 Å². The molecule has 2 heterocycles. The smallest absolute Gasteiger partial charge is 0.125 e. The summed E-state index contributed by atoms with van der Waals surface area (Å²) in [4.78, 5) is 6.77. The van der Waals surface area contributed by atoms with Gasteiger partial charge in [-0.3, -0.25) is 4.90 Å². The van der Waals surface area contributed by atoms with E-state index in [0.29, 0.717) is 6.10 Å². The molecule has 0 aromatic carbocycles. The number of piperidine rings is 1. The van der Waals surface area contributed by atoms with Crippen LogP contribution in [-0.4, -0.2) is 43.2 Å². The largest absolute Gasteiger partial charge is 0.380 e. The summed E-state index contributed by atoms with van der Waals surface area (Å²) in [6.07, 6.45) is 4.75. The minimum Gasteiger partial charge on any atom is -0.380 e. The van der Waals surface area contributed by atoms with E-state index in [1.807, 2.05) is 19.3 Å². The Morgan fingerprint density at radius 2 is 2.41 bits per heavy atom. The van der Waals surface area contributed by atoms with Crippen molar-refractivity contribution in [1.82, 2.24) is 9.88 Å². The second-order valence-electron chi connectivity index (χ2n) is 4.54. The average molecular weight is 235 g/mol. The highest BCUT2D eigenvalue weighted by Crippen LogP contribution is 2.15. The lowest BCUT2D eigenvalue weighted by Crippen LogP contribution is -2.38. The molecule has 1 aromatic rings. The number of aromatic nitrogens is 1. The molecule has 0 spiro atoms. The van der Waals surface area contributed by atoms with E-state index >= 15 is 0 Å². The third-order valence-electron chi connectivity index (χ3n) is 3.28. The van der Waals surface area contributed by atoms with Gasteiger partial charge in [0, 0.05) is 33.4 Å². The molecule has 1 aliphatic rings. The van der Waals surface area contributed by atoms with Crippen molar-refractivity contribution in [1.29, 1.82) is 0 Å². The number of anilines is 1. The first kappa shape index (κ1) is 12.3. The summed E-state index contributed by atoms with van der Waals surface area (Å²) in [7, 11) is 3.69. The van der Waals surface area contributed by atoms with Crippen molar-refractivity contribution in [2.45, 2.75) is 25.5 Å². The molecular weight excluding hydrogens is 214 g/mol. The first-order valence-electron chi connectivity index (χ1n) is 6.19. The van der Waals surface area contributed by atoms with Crippen molar-refractivity contribution >= 4 is 5.82 Å². The minimum absolute atomic E-state index is 0.397. The van der Waals surface area contributed by atoms with Gasteiger partial charge in [0.15, 0.2) is 0 Å². The summed E-state index contributed by atoms with van der Waals surface area (Å²) in [6.45, 7) is 3.16. The molecule has 0 amide bonds. The minimum atomic E-state index is 0.397. The summed E-state index contributed by atoms with van der Waals surface area (Å²) in [5, 5.41) is 3.03. The Bertz CT molecular complexity index is 339. The van der Waals surface area contributed by atoms with Gasteiger partial charge in [-0.15, -0.1) is 0 Å².